The summed E-state index contributed by atoms with van der Waals surface area (Å²) in [6.07, 6.45) is -3.82. The van der Waals surface area contributed by atoms with Crippen LogP contribution in [0.5, 0.6) is 0 Å². The van der Waals surface area contributed by atoms with Crippen molar-refractivity contribution in [3.63, 3.8) is 0 Å². The van der Waals surface area contributed by atoms with Gasteiger partial charge in [0, 0.05) is 6.42 Å². The number of alkyl halides is 4. The normalized spacial score (nSPS) is 14.6. The Morgan fingerprint density at radius 1 is 1.06 bits per heavy atom. The molecule has 0 fully saturated rings. The summed E-state index contributed by atoms with van der Waals surface area (Å²) in [6, 6.07) is 0. The van der Waals surface area contributed by atoms with Gasteiger partial charge < -0.3 is 9.47 Å². The van der Waals surface area contributed by atoms with Crippen molar-refractivity contribution in [2.24, 2.45) is 0 Å². The molecule has 0 amide bonds. The molecule has 0 aromatic heterocycles. The summed E-state index contributed by atoms with van der Waals surface area (Å²) < 4.78 is 59.5. The Morgan fingerprint density at radius 3 is 2.12 bits per heavy atom. The Labute approximate surface area is 99.3 Å². The fourth-order valence-corrected chi connectivity index (χ4v) is 1.10. The first-order valence-corrected chi connectivity index (χ1v) is 5.62. The molecule has 0 bridgehead atoms. The lowest BCUT2D eigenvalue weighted by atomic mass is 10.1. The standard InChI is InChI=1S/C11H20F4O2/c1-8(2)17-7-11(14,15)5-4-9(3)16-6-10(12)13/h8-10H,4-7H2,1-3H3. The van der Waals surface area contributed by atoms with Crippen LogP contribution in [0.25, 0.3) is 0 Å². The van der Waals surface area contributed by atoms with Crippen LogP contribution in [-0.4, -0.2) is 37.8 Å². The second kappa shape index (κ2) is 7.87. The van der Waals surface area contributed by atoms with Crippen molar-refractivity contribution in [1.82, 2.24) is 0 Å². The molecule has 0 heterocycles. The summed E-state index contributed by atoms with van der Waals surface area (Å²) >= 11 is 0. The van der Waals surface area contributed by atoms with Crippen molar-refractivity contribution in [2.75, 3.05) is 13.2 Å². The van der Waals surface area contributed by atoms with E-state index in [0.29, 0.717) is 0 Å². The average Bonchev–Trinajstić information content (AvgIpc) is 2.21. The van der Waals surface area contributed by atoms with Gasteiger partial charge in [0.1, 0.15) is 13.2 Å². The Hall–Kier alpha value is -0.360. The van der Waals surface area contributed by atoms with E-state index >= 15 is 0 Å². The van der Waals surface area contributed by atoms with E-state index in [1.165, 1.54) is 6.92 Å². The van der Waals surface area contributed by atoms with Crippen LogP contribution in [0.1, 0.15) is 33.6 Å². The highest BCUT2D eigenvalue weighted by molar-refractivity contribution is 4.68. The van der Waals surface area contributed by atoms with Gasteiger partial charge in [0.2, 0.25) is 0 Å². The van der Waals surface area contributed by atoms with E-state index in [4.69, 9.17) is 9.47 Å². The van der Waals surface area contributed by atoms with E-state index in [0.717, 1.165) is 0 Å². The highest BCUT2D eigenvalue weighted by Crippen LogP contribution is 2.23. The maximum atomic E-state index is 13.2. The number of rotatable bonds is 9. The van der Waals surface area contributed by atoms with Crippen molar-refractivity contribution in [3.05, 3.63) is 0 Å². The predicted molar refractivity (Wildman–Crippen MR) is 56.7 cm³/mol. The summed E-state index contributed by atoms with van der Waals surface area (Å²) in [5.41, 5.74) is 0. The van der Waals surface area contributed by atoms with Gasteiger partial charge in [-0.3, -0.25) is 0 Å². The summed E-state index contributed by atoms with van der Waals surface area (Å²) in [4.78, 5) is 0. The van der Waals surface area contributed by atoms with Gasteiger partial charge in [-0.05, 0) is 27.2 Å². The van der Waals surface area contributed by atoms with Gasteiger partial charge in [-0.2, -0.15) is 0 Å². The fraction of sp³-hybridized carbons (Fsp3) is 1.00. The first-order chi connectivity index (χ1) is 7.73. The van der Waals surface area contributed by atoms with Crippen LogP contribution in [0.4, 0.5) is 17.6 Å². The summed E-state index contributed by atoms with van der Waals surface area (Å²) in [5.74, 6) is -2.94. The van der Waals surface area contributed by atoms with E-state index in [1.54, 1.807) is 13.8 Å². The number of hydrogen-bond acceptors (Lipinski definition) is 2. The smallest absolute Gasteiger partial charge is 0.271 e. The zero-order valence-electron chi connectivity index (χ0n) is 10.4. The fourth-order valence-electron chi connectivity index (χ4n) is 1.10. The Balaban J connectivity index is 3.76. The van der Waals surface area contributed by atoms with Gasteiger partial charge in [-0.25, -0.2) is 17.6 Å². The van der Waals surface area contributed by atoms with Crippen LogP contribution >= 0.6 is 0 Å². The van der Waals surface area contributed by atoms with Crippen LogP contribution in [0.2, 0.25) is 0 Å². The summed E-state index contributed by atoms with van der Waals surface area (Å²) in [6.45, 7) is 3.48. The number of halogens is 4. The minimum atomic E-state index is -2.94. The molecule has 1 atom stereocenters. The van der Waals surface area contributed by atoms with Crippen molar-refractivity contribution in [1.29, 1.82) is 0 Å². The molecule has 1 unspecified atom stereocenters. The Bertz CT molecular complexity index is 198. The van der Waals surface area contributed by atoms with Gasteiger partial charge in [0.15, 0.2) is 0 Å². The molecule has 2 nitrogen and oxygen atoms in total. The molecular formula is C11H20F4O2. The van der Waals surface area contributed by atoms with Crippen LogP contribution in [-0.2, 0) is 9.47 Å². The second-order valence-corrected chi connectivity index (χ2v) is 4.29. The summed E-state index contributed by atoms with van der Waals surface area (Å²) in [5, 5.41) is 0. The molecule has 0 aromatic rings. The molecule has 0 saturated heterocycles. The van der Waals surface area contributed by atoms with E-state index < -0.39 is 38.1 Å². The first kappa shape index (κ1) is 16.6. The molecule has 0 aliphatic heterocycles. The molecule has 0 rings (SSSR count). The van der Waals surface area contributed by atoms with Crippen molar-refractivity contribution in [3.8, 4) is 0 Å². The van der Waals surface area contributed by atoms with Crippen molar-refractivity contribution >= 4 is 0 Å². The lowest BCUT2D eigenvalue weighted by molar-refractivity contribution is -0.106. The third-order valence-corrected chi connectivity index (χ3v) is 2.05. The molecule has 0 N–H and O–H groups in total. The van der Waals surface area contributed by atoms with Crippen LogP contribution < -0.4 is 0 Å². The molecule has 0 saturated carbocycles. The lowest BCUT2D eigenvalue weighted by Crippen LogP contribution is -2.27. The third-order valence-electron chi connectivity index (χ3n) is 2.05. The lowest BCUT2D eigenvalue weighted by Gasteiger charge is -2.20. The maximum absolute atomic E-state index is 13.2. The molecule has 0 aliphatic carbocycles. The molecule has 0 aromatic carbocycles. The van der Waals surface area contributed by atoms with Gasteiger partial charge in [-0.15, -0.1) is 0 Å². The van der Waals surface area contributed by atoms with E-state index in [2.05, 4.69) is 0 Å². The van der Waals surface area contributed by atoms with Crippen LogP contribution in [0, 0.1) is 0 Å². The van der Waals surface area contributed by atoms with Gasteiger partial charge in [0.25, 0.3) is 12.3 Å². The first-order valence-electron chi connectivity index (χ1n) is 5.62. The maximum Gasteiger partial charge on any atom is 0.271 e. The Morgan fingerprint density at radius 2 is 1.65 bits per heavy atom. The van der Waals surface area contributed by atoms with Crippen molar-refractivity contribution in [2.45, 2.75) is 58.2 Å². The van der Waals surface area contributed by atoms with E-state index in [1.807, 2.05) is 0 Å². The molecule has 0 aliphatic rings. The zero-order valence-corrected chi connectivity index (χ0v) is 10.4. The van der Waals surface area contributed by atoms with Crippen LogP contribution in [0.15, 0.2) is 0 Å². The van der Waals surface area contributed by atoms with E-state index in [-0.39, 0.29) is 12.5 Å². The number of hydrogen-bond donors (Lipinski definition) is 0. The largest absolute Gasteiger partial charge is 0.373 e. The molecular weight excluding hydrogens is 240 g/mol. The highest BCUT2D eigenvalue weighted by atomic mass is 19.3. The molecule has 104 valence electrons. The highest BCUT2D eigenvalue weighted by Gasteiger charge is 2.30. The molecule has 0 radical (unpaired) electrons. The quantitative estimate of drug-likeness (QED) is 0.591. The minimum Gasteiger partial charge on any atom is -0.373 e. The monoisotopic (exact) mass is 260 g/mol. The second-order valence-electron chi connectivity index (χ2n) is 4.29. The minimum absolute atomic E-state index is 0.0289. The number of ether oxygens (including phenoxy) is 2. The van der Waals surface area contributed by atoms with Gasteiger partial charge >= 0.3 is 0 Å². The topological polar surface area (TPSA) is 18.5 Å². The molecule has 6 heteroatoms. The SMILES string of the molecule is CC(C)OCC(F)(F)CCC(C)OCC(F)F. The van der Waals surface area contributed by atoms with Gasteiger partial charge in [0.05, 0.1) is 12.2 Å². The van der Waals surface area contributed by atoms with E-state index in [9.17, 15) is 17.6 Å². The zero-order chi connectivity index (χ0) is 13.5. The van der Waals surface area contributed by atoms with Crippen molar-refractivity contribution < 1.29 is 27.0 Å². The third kappa shape index (κ3) is 10.5. The Kier molecular flexibility index (Phi) is 7.70. The van der Waals surface area contributed by atoms with Gasteiger partial charge in [-0.1, -0.05) is 0 Å². The predicted octanol–water partition coefficient (Wildman–Crippen LogP) is 3.50. The summed E-state index contributed by atoms with van der Waals surface area (Å²) in [7, 11) is 0. The molecule has 0 spiro atoms. The van der Waals surface area contributed by atoms with Crippen LogP contribution in [0.3, 0.4) is 0 Å². The average molecular weight is 260 g/mol. The molecule has 17 heavy (non-hydrogen) atoms.